The van der Waals surface area contributed by atoms with Crippen molar-refractivity contribution < 1.29 is 22.7 Å². The number of methoxy groups -OCH3 is 1. The summed E-state index contributed by atoms with van der Waals surface area (Å²) in [5.41, 5.74) is 0.956. The maximum absolute atomic E-state index is 13.2. The fourth-order valence-electron chi connectivity index (χ4n) is 3.87. The normalized spacial score (nSPS) is 18.1. The quantitative estimate of drug-likeness (QED) is 0.435. The van der Waals surface area contributed by atoms with Gasteiger partial charge in [0, 0.05) is 26.2 Å². The van der Waals surface area contributed by atoms with Gasteiger partial charge >= 0.3 is 0 Å². The maximum atomic E-state index is 13.2. The van der Waals surface area contributed by atoms with Crippen molar-refractivity contribution >= 4 is 48.8 Å². The second-order valence-electron chi connectivity index (χ2n) is 7.65. The number of hydrogen-bond donors (Lipinski definition) is 0. The van der Waals surface area contributed by atoms with Gasteiger partial charge < -0.3 is 14.0 Å². The van der Waals surface area contributed by atoms with Gasteiger partial charge in [-0.05, 0) is 49.4 Å². The highest BCUT2D eigenvalue weighted by molar-refractivity contribution is 7.91. The van der Waals surface area contributed by atoms with E-state index in [1.807, 2.05) is 29.7 Å². The van der Waals surface area contributed by atoms with Crippen molar-refractivity contribution in [3.05, 3.63) is 40.5 Å². The van der Waals surface area contributed by atoms with Gasteiger partial charge in [-0.25, -0.2) is 8.42 Å². The third-order valence-corrected chi connectivity index (χ3v) is 9.86. The lowest BCUT2D eigenvalue weighted by Gasteiger charge is -2.29. The lowest BCUT2D eigenvalue weighted by atomic mass is 9.99. The van der Waals surface area contributed by atoms with E-state index >= 15 is 0 Å². The van der Waals surface area contributed by atoms with E-state index in [1.165, 1.54) is 27.0 Å². The summed E-state index contributed by atoms with van der Waals surface area (Å²) >= 11 is 2.61. The first-order chi connectivity index (χ1) is 15.9. The third kappa shape index (κ3) is 5.22. The van der Waals surface area contributed by atoms with Gasteiger partial charge in [0.25, 0.3) is 15.9 Å². The standard InChI is InChI=1S/C22H27N3O5S3/c1-3-30-12-11-25-18-9-8-17(29-2)14-19(18)32-22(25)23-21(26)16-6-4-10-24(15-16)33(27,28)20-7-5-13-31-20/h5,7-9,13-14,16H,3-4,6,10-12,15H2,1-2H3. The number of thiazole rings is 1. The SMILES string of the molecule is CCOCCn1c(=NC(=O)C2CCCN(S(=O)(=O)c3cccs3)C2)sc2cc(OC)ccc21. The Hall–Kier alpha value is -2.05. The number of benzene rings is 1. The Kier molecular flexibility index (Phi) is 7.65. The highest BCUT2D eigenvalue weighted by atomic mass is 32.2. The van der Waals surface area contributed by atoms with Crippen molar-refractivity contribution in [3.8, 4) is 5.75 Å². The second kappa shape index (κ2) is 10.5. The summed E-state index contributed by atoms with van der Waals surface area (Å²) in [6.07, 6.45) is 1.25. The van der Waals surface area contributed by atoms with Crippen LogP contribution in [0.3, 0.4) is 0 Å². The Labute approximate surface area is 201 Å². The smallest absolute Gasteiger partial charge is 0.252 e. The Morgan fingerprint density at radius 1 is 1.30 bits per heavy atom. The van der Waals surface area contributed by atoms with E-state index in [4.69, 9.17) is 9.47 Å². The number of nitrogens with zero attached hydrogens (tertiary/aromatic N) is 3. The summed E-state index contributed by atoms with van der Waals surface area (Å²) in [4.78, 5) is 18.2. The largest absolute Gasteiger partial charge is 0.497 e. The minimum absolute atomic E-state index is 0.153. The molecule has 1 atom stereocenters. The van der Waals surface area contributed by atoms with Gasteiger partial charge in [-0.1, -0.05) is 17.4 Å². The molecule has 0 spiro atoms. The lowest BCUT2D eigenvalue weighted by molar-refractivity contribution is -0.122. The minimum atomic E-state index is -3.58. The summed E-state index contributed by atoms with van der Waals surface area (Å²) in [5, 5.41) is 1.74. The molecule has 0 saturated carbocycles. The molecule has 0 radical (unpaired) electrons. The van der Waals surface area contributed by atoms with Gasteiger partial charge in [0.2, 0.25) is 0 Å². The summed E-state index contributed by atoms with van der Waals surface area (Å²) in [5.74, 6) is -0.0152. The van der Waals surface area contributed by atoms with Crippen LogP contribution >= 0.6 is 22.7 Å². The molecule has 4 rings (SSSR count). The second-order valence-corrected chi connectivity index (χ2v) is 11.8. The van der Waals surface area contributed by atoms with Gasteiger partial charge in [0.05, 0.1) is 29.9 Å². The Morgan fingerprint density at radius 3 is 2.88 bits per heavy atom. The van der Waals surface area contributed by atoms with Crippen LogP contribution in [0.4, 0.5) is 0 Å². The first-order valence-electron chi connectivity index (χ1n) is 10.8. The molecule has 1 aliphatic heterocycles. The number of sulfonamides is 1. The summed E-state index contributed by atoms with van der Waals surface area (Å²) in [6, 6.07) is 9.08. The molecule has 1 fully saturated rings. The van der Waals surface area contributed by atoms with Crippen LogP contribution in [0.5, 0.6) is 5.75 Å². The zero-order chi connectivity index (χ0) is 23.4. The van der Waals surface area contributed by atoms with Crippen LogP contribution in [0.2, 0.25) is 0 Å². The zero-order valence-corrected chi connectivity index (χ0v) is 21.0. The molecule has 0 aliphatic carbocycles. The predicted octanol–water partition coefficient (Wildman–Crippen LogP) is 3.34. The Bertz CT molecular complexity index is 1280. The van der Waals surface area contributed by atoms with Crippen molar-refractivity contribution in [2.24, 2.45) is 10.9 Å². The number of ether oxygens (including phenoxy) is 2. The first kappa shape index (κ1) is 24.1. The first-order valence-corrected chi connectivity index (χ1v) is 13.9. The molecular weight excluding hydrogens is 482 g/mol. The average Bonchev–Trinajstić information content (AvgIpc) is 3.48. The fraction of sp³-hybridized carbons (Fsp3) is 0.455. The van der Waals surface area contributed by atoms with Crippen molar-refractivity contribution in [3.63, 3.8) is 0 Å². The summed E-state index contributed by atoms with van der Waals surface area (Å²) < 4.78 is 41.4. The van der Waals surface area contributed by atoms with E-state index in [2.05, 4.69) is 4.99 Å². The average molecular weight is 510 g/mol. The van der Waals surface area contributed by atoms with Crippen LogP contribution in [0, 0.1) is 5.92 Å². The molecule has 1 aromatic carbocycles. The van der Waals surface area contributed by atoms with Crippen molar-refractivity contribution in [1.29, 1.82) is 0 Å². The van der Waals surface area contributed by atoms with Gasteiger partial charge in [0.15, 0.2) is 4.80 Å². The van der Waals surface area contributed by atoms with Gasteiger partial charge in [0.1, 0.15) is 9.96 Å². The molecule has 11 heteroatoms. The van der Waals surface area contributed by atoms with E-state index in [-0.39, 0.29) is 12.5 Å². The van der Waals surface area contributed by atoms with Crippen LogP contribution in [0.25, 0.3) is 10.2 Å². The molecule has 8 nitrogen and oxygen atoms in total. The molecule has 0 bridgehead atoms. The number of piperidine rings is 1. The van der Waals surface area contributed by atoms with Gasteiger partial charge in [-0.15, -0.1) is 11.3 Å². The molecule has 2 aromatic heterocycles. The summed E-state index contributed by atoms with van der Waals surface area (Å²) in [7, 11) is -1.97. The number of amides is 1. The van der Waals surface area contributed by atoms with Crippen molar-refractivity contribution in [2.45, 2.75) is 30.5 Å². The molecular formula is C22H27N3O5S3. The third-order valence-electron chi connectivity index (χ3n) is 5.58. The van der Waals surface area contributed by atoms with E-state index in [0.717, 1.165) is 16.0 Å². The van der Waals surface area contributed by atoms with E-state index in [1.54, 1.807) is 24.6 Å². The highest BCUT2D eigenvalue weighted by Crippen LogP contribution is 2.27. The van der Waals surface area contributed by atoms with E-state index < -0.39 is 15.9 Å². The maximum Gasteiger partial charge on any atom is 0.252 e. The lowest BCUT2D eigenvalue weighted by Crippen LogP contribution is -2.42. The minimum Gasteiger partial charge on any atom is -0.497 e. The van der Waals surface area contributed by atoms with Crippen LogP contribution in [-0.4, -0.2) is 56.6 Å². The Morgan fingerprint density at radius 2 is 2.15 bits per heavy atom. The topological polar surface area (TPSA) is 90.2 Å². The van der Waals surface area contributed by atoms with E-state index in [9.17, 15) is 13.2 Å². The van der Waals surface area contributed by atoms with E-state index in [0.29, 0.717) is 48.2 Å². The van der Waals surface area contributed by atoms with Crippen LogP contribution in [0.1, 0.15) is 19.8 Å². The number of hydrogen-bond acceptors (Lipinski definition) is 7. The van der Waals surface area contributed by atoms with Crippen molar-refractivity contribution in [2.75, 3.05) is 33.4 Å². The zero-order valence-electron chi connectivity index (χ0n) is 18.6. The fourth-order valence-corrected chi connectivity index (χ4v) is 7.63. The molecule has 1 amide bonds. The number of carbonyl (C=O) groups is 1. The molecule has 3 aromatic rings. The highest BCUT2D eigenvalue weighted by Gasteiger charge is 2.33. The number of fused-ring (bicyclic) bond motifs is 1. The van der Waals surface area contributed by atoms with Crippen molar-refractivity contribution in [1.82, 2.24) is 8.87 Å². The number of rotatable bonds is 8. The number of aromatic nitrogens is 1. The van der Waals surface area contributed by atoms with Crippen LogP contribution < -0.4 is 9.54 Å². The monoisotopic (exact) mass is 509 g/mol. The predicted molar refractivity (Wildman–Crippen MR) is 129 cm³/mol. The number of carbonyl (C=O) groups excluding carboxylic acids is 1. The molecule has 1 unspecified atom stereocenters. The van der Waals surface area contributed by atoms with Gasteiger partial charge in [-0.2, -0.15) is 9.30 Å². The van der Waals surface area contributed by atoms with Crippen LogP contribution in [-0.2, 0) is 26.1 Å². The van der Waals surface area contributed by atoms with Crippen LogP contribution in [0.15, 0.2) is 44.9 Å². The van der Waals surface area contributed by atoms with Gasteiger partial charge in [-0.3, -0.25) is 4.79 Å². The molecule has 178 valence electrons. The molecule has 33 heavy (non-hydrogen) atoms. The molecule has 1 aliphatic rings. The molecule has 0 N–H and O–H groups in total. The number of thiophene rings is 1. The summed E-state index contributed by atoms with van der Waals surface area (Å²) in [6.45, 7) is 4.19. The molecule has 1 saturated heterocycles. The Balaban J connectivity index is 1.62. The molecule has 3 heterocycles.